The van der Waals surface area contributed by atoms with Crippen LogP contribution in [0.2, 0.25) is 10.0 Å². The van der Waals surface area contributed by atoms with Gasteiger partial charge < -0.3 is 10.5 Å². The Labute approximate surface area is 193 Å². The molecule has 3 rings (SSSR count). The molecule has 0 unspecified atom stereocenters. The molecule has 0 aliphatic carbocycles. The van der Waals surface area contributed by atoms with Crippen molar-refractivity contribution in [2.24, 2.45) is 0 Å². The molecule has 0 saturated heterocycles. The van der Waals surface area contributed by atoms with E-state index in [9.17, 15) is 13.6 Å². The van der Waals surface area contributed by atoms with Gasteiger partial charge in [-0.05, 0) is 60.9 Å². The number of halogens is 4. The Balaban J connectivity index is 0.000000258. The summed E-state index contributed by atoms with van der Waals surface area (Å²) < 4.78 is 30.8. The number of carbonyl (C=O) groups excluding carboxylic acids is 1. The number of nitriles is 1. The fraction of sp³-hybridized carbons (Fsp3) is 0.227. The van der Waals surface area contributed by atoms with Gasteiger partial charge in [-0.2, -0.15) is 10.4 Å². The standard InChI is InChI=1S/C13H13ClFN3O2.C9H7ClFN/c1-2-20-13(19)11-9(12(16)18-17-11)6-7-5-8(15)3-4-10(7)14;10-9-4-3-8(11)6-7(9)2-1-5-12/h3-5H,2,6H2,1H3,(H3,16,17,18);3-4,6H,1-2H2. The van der Waals surface area contributed by atoms with Crippen LogP contribution in [0.4, 0.5) is 14.6 Å². The normalized spacial score (nSPS) is 10.1. The van der Waals surface area contributed by atoms with E-state index in [0.717, 1.165) is 0 Å². The summed E-state index contributed by atoms with van der Waals surface area (Å²) in [7, 11) is 0. The lowest BCUT2D eigenvalue weighted by Crippen LogP contribution is -2.09. The van der Waals surface area contributed by atoms with E-state index >= 15 is 0 Å². The molecule has 3 N–H and O–H groups in total. The van der Waals surface area contributed by atoms with Crippen LogP contribution in [-0.2, 0) is 17.6 Å². The SMILES string of the molecule is CCOC(=O)c1[nH]nc(N)c1Cc1cc(F)ccc1Cl.N#CCCc1cc(F)ccc1Cl. The summed E-state index contributed by atoms with van der Waals surface area (Å²) in [5.41, 5.74) is 7.53. The predicted octanol–water partition coefficient (Wildman–Crippen LogP) is 5.49. The number of rotatable bonds is 6. The monoisotopic (exact) mass is 480 g/mol. The third-order valence-corrected chi connectivity index (χ3v) is 5.01. The summed E-state index contributed by atoms with van der Waals surface area (Å²) in [5, 5.41) is 15.5. The van der Waals surface area contributed by atoms with Gasteiger partial charge in [0.2, 0.25) is 0 Å². The number of benzene rings is 2. The molecule has 0 aliphatic rings. The summed E-state index contributed by atoms with van der Waals surface area (Å²) in [6.07, 6.45) is 1.06. The molecule has 0 aliphatic heterocycles. The van der Waals surface area contributed by atoms with Gasteiger partial charge in [-0.3, -0.25) is 5.10 Å². The number of nitrogen functional groups attached to an aromatic ring is 1. The molecule has 6 nitrogen and oxygen atoms in total. The summed E-state index contributed by atoms with van der Waals surface area (Å²) in [6, 6.07) is 10.2. The number of aryl methyl sites for hydroxylation is 1. The molecule has 32 heavy (non-hydrogen) atoms. The number of carbonyl (C=O) groups is 1. The zero-order valence-electron chi connectivity index (χ0n) is 17.1. The Hall–Kier alpha value is -3.15. The lowest BCUT2D eigenvalue weighted by molar-refractivity contribution is 0.0518. The first-order chi connectivity index (χ1) is 15.3. The van der Waals surface area contributed by atoms with Crippen LogP contribution in [0.3, 0.4) is 0 Å². The Morgan fingerprint density at radius 2 is 1.75 bits per heavy atom. The fourth-order valence-electron chi connectivity index (χ4n) is 2.72. The van der Waals surface area contributed by atoms with Gasteiger partial charge in [-0.1, -0.05) is 23.2 Å². The average molecular weight is 481 g/mol. The molecule has 0 atom stereocenters. The van der Waals surface area contributed by atoms with Crippen molar-refractivity contribution in [3.63, 3.8) is 0 Å². The fourth-order valence-corrected chi connectivity index (χ4v) is 3.12. The number of nitrogens with zero attached hydrogens (tertiary/aromatic N) is 2. The Morgan fingerprint density at radius 3 is 2.34 bits per heavy atom. The molecule has 0 saturated carbocycles. The Kier molecular flexibility index (Phi) is 9.44. The van der Waals surface area contributed by atoms with Gasteiger partial charge in [0, 0.05) is 28.5 Å². The van der Waals surface area contributed by atoms with Crippen molar-refractivity contribution in [2.45, 2.75) is 26.2 Å². The summed E-state index contributed by atoms with van der Waals surface area (Å²) in [6.45, 7) is 1.93. The number of esters is 1. The minimum atomic E-state index is -0.556. The summed E-state index contributed by atoms with van der Waals surface area (Å²) >= 11 is 11.8. The van der Waals surface area contributed by atoms with Crippen molar-refractivity contribution in [3.05, 3.63) is 80.5 Å². The van der Waals surface area contributed by atoms with Crippen molar-refractivity contribution in [1.29, 1.82) is 5.26 Å². The maximum absolute atomic E-state index is 13.3. The Bertz CT molecular complexity index is 1130. The first-order valence-electron chi connectivity index (χ1n) is 9.51. The van der Waals surface area contributed by atoms with E-state index in [1.165, 1.54) is 36.4 Å². The van der Waals surface area contributed by atoms with E-state index in [2.05, 4.69) is 10.2 Å². The molecule has 10 heteroatoms. The van der Waals surface area contributed by atoms with Gasteiger partial charge in [-0.15, -0.1) is 0 Å². The van der Waals surface area contributed by atoms with Gasteiger partial charge in [0.25, 0.3) is 0 Å². The van der Waals surface area contributed by atoms with Crippen LogP contribution in [0.25, 0.3) is 0 Å². The van der Waals surface area contributed by atoms with Crippen molar-refractivity contribution in [3.8, 4) is 6.07 Å². The number of nitrogens with two attached hydrogens (primary N) is 1. The van der Waals surface area contributed by atoms with E-state index in [1.807, 2.05) is 6.07 Å². The Morgan fingerprint density at radius 1 is 1.16 bits per heavy atom. The van der Waals surface area contributed by atoms with Gasteiger partial charge in [0.1, 0.15) is 23.1 Å². The van der Waals surface area contributed by atoms with E-state index < -0.39 is 11.8 Å². The van der Waals surface area contributed by atoms with Gasteiger partial charge in [0.15, 0.2) is 0 Å². The molecular weight excluding hydrogens is 461 g/mol. The van der Waals surface area contributed by atoms with Crippen LogP contribution in [0.5, 0.6) is 0 Å². The average Bonchev–Trinajstić information content (AvgIpc) is 3.12. The number of nitrogens with one attached hydrogen (secondary N) is 1. The number of aromatic amines is 1. The van der Waals surface area contributed by atoms with E-state index in [4.69, 9.17) is 38.9 Å². The number of ether oxygens (including phenoxy) is 1. The quantitative estimate of drug-likeness (QED) is 0.454. The van der Waals surface area contributed by atoms with Gasteiger partial charge >= 0.3 is 5.97 Å². The van der Waals surface area contributed by atoms with Crippen LogP contribution in [0, 0.1) is 23.0 Å². The predicted molar refractivity (Wildman–Crippen MR) is 119 cm³/mol. The molecule has 1 aromatic heterocycles. The maximum Gasteiger partial charge on any atom is 0.356 e. The lowest BCUT2D eigenvalue weighted by atomic mass is 10.0. The van der Waals surface area contributed by atoms with Crippen LogP contribution in [0.15, 0.2) is 36.4 Å². The highest BCUT2D eigenvalue weighted by molar-refractivity contribution is 6.31. The zero-order valence-corrected chi connectivity index (χ0v) is 18.6. The molecule has 2 aromatic carbocycles. The summed E-state index contributed by atoms with van der Waals surface area (Å²) in [4.78, 5) is 11.8. The first kappa shape index (κ1) is 25.1. The lowest BCUT2D eigenvalue weighted by Gasteiger charge is -2.06. The van der Waals surface area contributed by atoms with E-state index in [1.54, 1.807) is 6.92 Å². The molecule has 0 radical (unpaired) electrons. The smallest absolute Gasteiger partial charge is 0.356 e. The van der Waals surface area contributed by atoms with Crippen LogP contribution < -0.4 is 5.73 Å². The molecule has 0 spiro atoms. The number of aromatic nitrogens is 2. The number of H-pyrrole nitrogens is 1. The van der Waals surface area contributed by atoms with Gasteiger partial charge in [0.05, 0.1) is 12.7 Å². The molecular formula is C22H20Cl2F2N4O2. The zero-order chi connectivity index (χ0) is 23.7. The number of hydrogen-bond donors (Lipinski definition) is 2. The molecule has 0 bridgehead atoms. The van der Waals surface area contributed by atoms with Crippen molar-refractivity contribution in [1.82, 2.24) is 10.2 Å². The number of hydrogen-bond acceptors (Lipinski definition) is 5. The van der Waals surface area contributed by atoms with Crippen LogP contribution >= 0.6 is 23.2 Å². The van der Waals surface area contributed by atoms with Crippen molar-refractivity contribution < 1.29 is 18.3 Å². The summed E-state index contributed by atoms with van der Waals surface area (Å²) in [5.74, 6) is -1.12. The third kappa shape index (κ3) is 6.94. The molecule has 0 amide bonds. The highest BCUT2D eigenvalue weighted by Gasteiger charge is 2.20. The second-order valence-corrected chi connectivity index (χ2v) is 7.30. The minimum absolute atomic E-state index is 0.157. The first-order valence-corrected chi connectivity index (χ1v) is 10.3. The van der Waals surface area contributed by atoms with Gasteiger partial charge in [-0.25, -0.2) is 13.6 Å². The number of anilines is 1. The van der Waals surface area contributed by atoms with E-state index in [-0.39, 0.29) is 30.4 Å². The molecule has 3 aromatic rings. The highest BCUT2D eigenvalue weighted by atomic mass is 35.5. The minimum Gasteiger partial charge on any atom is -0.461 e. The largest absolute Gasteiger partial charge is 0.461 e. The topological polar surface area (TPSA) is 105 Å². The highest BCUT2D eigenvalue weighted by Crippen LogP contribution is 2.25. The molecule has 168 valence electrons. The van der Waals surface area contributed by atoms with Crippen molar-refractivity contribution >= 4 is 35.0 Å². The molecule has 1 heterocycles. The van der Waals surface area contributed by atoms with Crippen LogP contribution in [0.1, 0.15) is 40.5 Å². The second kappa shape index (κ2) is 12.0. The maximum atomic E-state index is 13.3. The third-order valence-electron chi connectivity index (χ3n) is 4.27. The van der Waals surface area contributed by atoms with E-state index in [0.29, 0.717) is 39.6 Å². The van der Waals surface area contributed by atoms with Crippen LogP contribution in [-0.4, -0.2) is 22.8 Å². The van der Waals surface area contributed by atoms with Crippen molar-refractivity contribution in [2.75, 3.05) is 12.3 Å². The second-order valence-electron chi connectivity index (χ2n) is 6.49. The molecule has 0 fully saturated rings.